The molecule has 2 amide bonds. The maximum Gasteiger partial charge on any atom is 0.411 e. The number of nitrogens with zero attached hydrogens (tertiary/aromatic N) is 2. The van der Waals surface area contributed by atoms with Crippen molar-refractivity contribution in [3.05, 3.63) is 88.5 Å². The highest BCUT2D eigenvalue weighted by Crippen LogP contribution is 2.54. The SMILES string of the molecule is COc1c(C)c(OC)c(OCc2ccccc2)c2c1C[C@H]1[C@H]3[C@H](C=O)C[C@@H](C(=O)N1[C@H]2COCc1ccccc1)N3C(=O)OC(C)(C)C. The molecule has 3 heterocycles. The molecule has 6 rings (SSSR count). The zero-order chi connectivity index (χ0) is 34.2. The van der Waals surface area contributed by atoms with Gasteiger partial charge in [-0.05, 0) is 51.7 Å². The standard InChI is InChI=1S/C38H44N2O8/c1-23-33(44-5)27-18-28-32-26(19-41)17-29(40(32)37(43)48-38(2,3)4)36(42)39(28)30(22-46-20-24-13-9-7-10-14-24)31(27)35(34(23)45-6)47-21-25-15-11-8-12-16-25/h7-16,19,26,28-30,32H,17-18,20-22H2,1-6H3/t26-,28-,29-,30-,32+/m0/s1. The Morgan fingerprint density at radius 1 is 0.917 bits per heavy atom. The summed E-state index contributed by atoms with van der Waals surface area (Å²) in [7, 11) is 3.20. The molecule has 10 nitrogen and oxygen atoms in total. The highest BCUT2D eigenvalue weighted by Gasteiger charge is 2.61. The molecule has 0 radical (unpaired) electrons. The van der Waals surface area contributed by atoms with E-state index in [2.05, 4.69) is 0 Å². The molecule has 5 atom stereocenters. The van der Waals surface area contributed by atoms with Gasteiger partial charge in [0.25, 0.3) is 0 Å². The van der Waals surface area contributed by atoms with Gasteiger partial charge >= 0.3 is 6.09 Å². The molecular formula is C38H44N2O8. The van der Waals surface area contributed by atoms with Crippen LogP contribution < -0.4 is 14.2 Å². The quantitative estimate of drug-likeness (QED) is 0.252. The van der Waals surface area contributed by atoms with Crippen LogP contribution in [0.1, 0.15) is 61.1 Å². The Hall–Kier alpha value is -4.57. The van der Waals surface area contributed by atoms with Gasteiger partial charge in [0.1, 0.15) is 30.3 Å². The summed E-state index contributed by atoms with van der Waals surface area (Å²) in [6.07, 6.45) is 0.833. The average molecular weight is 657 g/mol. The number of rotatable bonds is 10. The molecule has 3 aromatic rings. The van der Waals surface area contributed by atoms with E-state index in [0.29, 0.717) is 30.3 Å². The normalized spacial score (nSPS) is 22.9. The maximum absolute atomic E-state index is 14.7. The summed E-state index contributed by atoms with van der Waals surface area (Å²) in [5, 5.41) is 0. The van der Waals surface area contributed by atoms with E-state index in [1.165, 1.54) is 4.90 Å². The van der Waals surface area contributed by atoms with Gasteiger partial charge < -0.3 is 33.4 Å². The highest BCUT2D eigenvalue weighted by molar-refractivity contribution is 5.91. The van der Waals surface area contributed by atoms with E-state index in [1.54, 1.807) is 35.0 Å². The second-order valence-corrected chi connectivity index (χ2v) is 13.7. The number of hydrogen-bond acceptors (Lipinski definition) is 8. The molecule has 254 valence electrons. The molecule has 0 unspecified atom stereocenters. The van der Waals surface area contributed by atoms with E-state index in [9.17, 15) is 14.4 Å². The first-order valence-corrected chi connectivity index (χ1v) is 16.4. The average Bonchev–Trinajstić information content (AvgIpc) is 3.41. The number of aldehydes is 1. The molecule has 3 aliphatic rings. The number of piperazine rings is 1. The number of benzene rings is 3. The fourth-order valence-electron chi connectivity index (χ4n) is 7.63. The van der Waals surface area contributed by atoms with Crippen molar-refractivity contribution in [1.82, 2.24) is 9.80 Å². The van der Waals surface area contributed by atoms with Crippen LogP contribution in [0.2, 0.25) is 0 Å². The lowest BCUT2D eigenvalue weighted by Crippen LogP contribution is -2.67. The van der Waals surface area contributed by atoms with Gasteiger partial charge in [0.05, 0.1) is 45.6 Å². The summed E-state index contributed by atoms with van der Waals surface area (Å²) >= 11 is 0. The van der Waals surface area contributed by atoms with E-state index in [4.69, 9.17) is 23.7 Å². The first-order chi connectivity index (χ1) is 23.1. The maximum atomic E-state index is 14.7. The Balaban J connectivity index is 1.49. The second-order valence-electron chi connectivity index (χ2n) is 13.7. The second kappa shape index (κ2) is 13.5. The smallest absolute Gasteiger partial charge is 0.411 e. The van der Waals surface area contributed by atoms with E-state index in [1.807, 2.05) is 72.5 Å². The largest absolute Gasteiger partial charge is 0.496 e. The predicted molar refractivity (Wildman–Crippen MR) is 178 cm³/mol. The van der Waals surface area contributed by atoms with Gasteiger partial charge in [-0.25, -0.2) is 4.79 Å². The topological polar surface area (TPSA) is 104 Å². The molecule has 0 aromatic heterocycles. The third-order valence-electron chi connectivity index (χ3n) is 9.50. The molecule has 48 heavy (non-hydrogen) atoms. The molecule has 0 aliphatic carbocycles. The minimum absolute atomic E-state index is 0.138. The number of methoxy groups -OCH3 is 2. The fraction of sp³-hybridized carbons (Fsp3) is 0.447. The molecule has 0 saturated carbocycles. The van der Waals surface area contributed by atoms with Gasteiger partial charge in [0.15, 0.2) is 11.5 Å². The van der Waals surface area contributed by atoms with Crippen molar-refractivity contribution < 1.29 is 38.1 Å². The Labute approximate surface area is 281 Å². The minimum Gasteiger partial charge on any atom is -0.496 e. The summed E-state index contributed by atoms with van der Waals surface area (Å²) in [6.45, 7) is 8.02. The molecule has 0 N–H and O–H groups in total. The Bertz CT molecular complexity index is 1650. The lowest BCUT2D eigenvalue weighted by Gasteiger charge is -2.52. The van der Waals surface area contributed by atoms with Crippen LogP contribution in [-0.4, -0.2) is 72.6 Å². The first-order valence-electron chi connectivity index (χ1n) is 16.4. The van der Waals surface area contributed by atoms with Crippen LogP contribution in [0.15, 0.2) is 60.7 Å². The zero-order valence-corrected chi connectivity index (χ0v) is 28.4. The molecule has 2 fully saturated rings. The van der Waals surface area contributed by atoms with E-state index in [-0.39, 0.29) is 25.5 Å². The van der Waals surface area contributed by atoms with Gasteiger partial charge in [0, 0.05) is 22.6 Å². The first kappa shape index (κ1) is 33.3. The van der Waals surface area contributed by atoms with Crippen molar-refractivity contribution in [2.24, 2.45) is 5.92 Å². The summed E-state index contributed by atoms with van der Waals surface area (Å²) in [5.74, 6) is 0.844. The molecule has 2 saturated heterocycles. The molecule has 0 spiro atoms. The summed E-state index contributed by atoms with van der Waals surface area (Å²) in [5.41, 5.74) is 3.52. The fourth-order valence-corrected chi connectivity index (χ4v) is 7.63. The Morgan fingerprint density at radius 3 is 2.12 bits per heavy atom. The van der Waals surface area contributed by atoms with E-state index < -0.39 is 41.8 Å². The lowest BCUT2D eigenvalue weighted by molar-refractivity contribution is -0.154. The Kier molecular flexibility index (Phi) is 9.38. The third-order valence-corrected chi connectivity index (χ3v) is 9.50. The van der Waals surface area contributed by atoms with Crippen LogP contribution in [0, 0.1) is 12.8 Å². The third kappa shape index (κ3) is 6.09. The monoisotopic (exact) mass is 656 g/mol. The molecular weight excluding hydrogens is 612 g/mol. The number of carbonyl (C=O) groups excluding carboxylic acids is 3. The van der Waals surface area contributed by atoms with Gasteiger partial charge in [0.2, 0.25) is 5.91 Å². The van der Waals surface area contributed by atoms with Gasteiger partial charge in [-0.3, -0.25) is 9.69 Å². The zero-order valence-electron chi connectivity index (χ0n) is 28.4. The van der Waals surface area contributed by atoms with Crippen molar-refractivity contribution in [2.75, 3.05) is 20.8 Å². The summed E-state index contributed by atoms with van der Waals surface area (Å²) < 4.78 is 30.8. The van der Waals surface area contributed by atoms with Crippen LogP contribution in [0.25, 0.3) is 0 Å². The lowest BCUT2D eigenvalue weighted by atomic mass is 9.80. The van der Waals surface area contributed by atoms with Crippen LogP contribution in [0.4, 0.5) is 4.79 Å². The van der Waals surface area contributed by atoms with Gasteiger partial charge in [-0.2, -0.15) is 0 Å². The van der Waals surface area contributed by atoms with Gasteiger partial charge in [-0.15, -0.1) is 0 Å². The van der Waals surface area contributed by atoms with E-state index >= 15 is 0 Å². The van der Waals surface area contributed by atoms with Crippen molar-refractivity contribution in [3.63, 3.8) is 0 Å². The Morgan fingerprint density at radius 2 is 1.54 bits per heavy atom. The molecule has 2 bridgehead atoms. The van der Waals surface area contributed by atoms with Crippen LogP contribution in [-0.2, 0) is 38.7 Å². The van der Waals surface area contributed by atoms with Crippen molar-refractivity contribution in [2.45, 2.75) is 83.5 Å². The number of ether oxygens (including phenoxy) is 5. The van der Waals surface area contributed by atoms with Crippen molar-refractivity contribution >= 4 is 18.3 Å². The van der Waals surface area contributed by atoms with Crippen LogP contribution in [0.5, 0.6) is 17.2 Å². The van der Waals surface area contributed by atoms with Crippen molar-refractivity contribution in [3.8, 4) is 17.2 Å². The summed E-state index contributed by atoms with van der Waals surface area (Å²) in [4.78, 5) is 44.3. The number of hydrogen-bond donors (Lipinski definition) is 0. The van der Waals surface area contributed by atoms with Crippen LogP contribution in [0.3, 0.4) is 0 Å². The molecule has 3 aliphatic heterocycles. The minimum atomic E-state index is -0.850. The number of amides is 2. The highest BCUT2D eigenvalue weighted by atomic mass is 16.6. The van der Waals surface area contributed by atoms with Crippen LogP contribution >= 0.6 is 0 Å². The van der Waals surface area contributed by atoms with E-state index in [0.717, 1.165) is 34.1 Å². The number of fused-ring (bicyclic) bond motifs is 5. The summed E-state index contributed by atoms with van der Waals surface area (Å²) in [6, 6.07) is 17.1. The molecule has 3 aromatic carbocycles. The van der Waals surface area contributed by atoms with Crippen molar-refractivity contribution in [1.29, 1.82) is 0 Å². The van der Waals surface area contributed by atoms with Gasteiger partial charge in [-0.1, -0.05) is 60.7 Å². The number of carbonyl (C=O) groups is 3. The predicted octanol–water partition coefficient (Wildman–Crippen LogP) is 5.81. The molecule has 10 heteroatoms.